The van der Waals surface area contributed by atoms with Crippen LogP contribution in [0.5, 0.6) is 5.88 Å². The van der Waals surface area contributed by atoms with Gasteiger partial charge in [0.2, 0.25) is 5.88 Å². The Balaban J connectivity index is 2.08. The fourth-order valence-corrected chi connectivity index (χ4v) is 2.28. The summed E-state index contributed by atoms with van der Waals surface area (Å²) in [5.74, 6) is -0.128. The number of halogens is 1. The van der Waals surface area contributed by atoms with Gasteiger partial charge in [-0.3, -0.25) is 4.98 Å². The molecule has 92 valence electrons. The van der Waals surface area contributed by atoms with Crippen molar-refractivity contribution in [3.05, 3.63) is 51.2 Å². The van der Waals surface area contributed by atoms with Gasteiger partial charge in [0.1, 0.15) is 0 Å². The van der Waals surface area contributed by atoms with Crippen molar-refractivity contribution in [3.63, 3.8) is 0 Å². The average Bonchev–Trinajstić information content (AvgIpc) is 2.86. The predicted molar refractivity (Wildman–Crippen MR) is 69.2 cm³/mol. The normalized spacial score (nSPS) is 11.2. The van der Waals surface area contributed by atoms with Crippen molar-refractivity contribution in [1.29, 1.82) is 0 Å². The lowest BCUT2D eigenvalue weighted by atomic mass is 10.1. The zero-order valence-electron chi connectivity index (χ0n) is 9.25. The fraction of sp³-hybridized carbons (Fsp3) is 0.0833. The molecular weight excluding hydrogens is 254 g/mol. The molecule has 1 aromatic carbocycles. The van der Waals surface area contributed by atoms with Gasteiger partial charge in [0.25, 0.3) is 0 Å². The van der Waals surface area contributed by atoms with E-state index in [-0.39, 0.29) is 5.88 Å². The van der Waals surface area contributed by atoms with E-state index in [1.54, 1.807) is 6.07 Å². The first-order valence-corrected chi connectivity index (χ1v) is 5.77. The number of aromatic hydroxyl groups is 1. The van der Waals surface area contributed by atoms with Crippen LogP contribution in [0.4, 0.5) is 0 Å². The van der Waals surface area contributed by atoms with Gasteiger partial charge in [-0.2, -0.15) is 0 Å². The van der Waals surface area contributed by atoms with Crippen LogP contribution in [0.3, 0.4) is 0 Å². The molecule has 4 N–H and O–H groups in total. The van der Waals surface area contributed by atoms with E-state index in [0.717, 1.165) is 16.5 Å². The highest BCUT2D eigenvalue weighted by Crippen LogP contribution is 2.27. The molecular formula is C12H10ClN3O2. The third kappa shape index (κ3) is 1.69. The van der Waals surface area contributed by atoms with Crippen molar-refractivity contribution in [3.8, 4) is 5.88 Å². The number of para-hydroxylation sites is 1. The Hall–Kier alpha value is -2.14. The van der Waals surface area contributed by atoms with Crippen LogP contribution in [0.25, 0.3) is 10.9 Å². The van der Waals surface area contributed by atoms with Gasteiger partial charge in [-0.1, -0.05) is 23.7 Å². The van der Waals surface area contributed by atoms with Crippen LogP contribution in [0, 0.1) is 0 Å². The standard InChI is InChI=1S/C12H10ClN3O2/c13-8-3-1-2-7-6(5-14-10(7)8)4-9-11(17)16-12(18)15-9/h1-3,5,14,17H,4H2,(H2,15,16,18). The molecule has 3 aromatic rings. The highest BCUT2D eigenvalue weighted by Gasteiger charge is 2.11. The lowest BCUT2D eigenvalue weighted by molar-refractivity contribution is 0.450. The molecule has 0 atom stereocenters. The van der Waals surface area contributed by atoms with Crippen LogP contribution in [0.15, 0.2) is 29.2 Å². The van der Waals surface area contributed by atoms with E-state index in [4.69, 9.17) is 11.6 Å². The smallest absolute Gasteiger partial charge is 0.325 e. The van der Waals surface area contributed by atoms with Gasteiger partial charge in [-0.15, -0.1) is 0 Å². The minimum absolute atomic E-state index is 0.128. The third-order valence-electron chi connectivity index (χ3n) is 2.90. The summed E-state index contributed by atoms with van der Waals surface area (Å²) in [4.78, 5) is 19.0. The van der Waals surface area contributed by atoms with Gasteiger partial charge >= 0.3 is 5.69 Å². The summed E-state index contributed by atoms with van der Waals surface area (Å²) in [6.45, 7) is 0. The van der Waals surface area contributed by atoms with Crippen molar-refractivity contribution in [1.82, 2.24) is 15.0 Å². The SMILES string of the molecule is O=c1[nH]c(O)c(Cc2c[nH]c3c(Cl)cccc23)[nH]1. The number of nitrogens with one attached hydrogen (secondary N) is 3. The Morgan fingerprint density at radius 1 is 1.28 bits per heavy atom. The number of imidazole rings is 1. The van der Waals surface area contributed by atoms with Crippen molar-refractivity contribution in [2.75, 3.05) is 0 Å². The zero-order chi connectivity index (χ0) is 12.7. The van der Waals surface area contributed by atoms with E-state index < -0.39 is 5.69 Å². The number of hydrogen-bond acceptors (Lipinski definition) is 2. The number of aromatic nitrogens is 3. The summed E-state index contributed by atoms with van der Waals surface area (Å²) >= 11 is 6.06. The molecule has 0 bridgehead atoms. The van der Waals surface area contributed by atoms with Crippen molar-refractivity contribution >= 4 is 22.5 Å². The zero-order valence-corrected chi connectivity index (χ0v) is 10.0. The molecule has 0 aliphatic rings. The van der Waals surface area contributed by atoms with Crippen LogP contribution < -0.4 is 5.69 Å². The van der Waals surface area contributed by atoms with E-state index in [1.165, 1.54) is 0 Å². The Bertz CT molecular complexity index is 769. The van der Waals surface area contributed by atoms with Gasteiger partial charge in [-0.25, -0.2) is 4.79 Å². The molecule has 6 heteroatoms. The first-order chi connectivity index (χ1) is 8.65. The Morgan fingerprint density at radius 3 is 2.83 bits per heavy atom. The molecule has 0 amide bonds. The number of H-pyrrole nitrogens is 3. The maximum atomic E-state index is 11.1. The number of rotatable bonds is 2. The fourth-order valence-electron chi connectivity index (χ4n) is 2.05. The summed E-state index contributed by atoms with van der Waals surface area (Å²) in [6.07, 6.45) is 2.24. The molecule has 2 heterocycles. The molecule has 5 nitrogen and oxygen atoms in total. The Kier molecular flexibility index (Phi) is 2.41. The Labute approximate surface area is 106 Å². The second-order valence-electron chi connectivity index (χ2n) is 4.06. The van der Waals surface area contributed by atoms with E-state index in [9.17, 15) is 9.90 Å². The Morgan fingerprint density at radius 2 is 2.11 bits per heavy atom. The van der Waals surface area contributed by atoms with Crippen LogP contribution in [-0.2, 0) is 6.42 Å². The molecule has 0 aliphatic carbocycles. The number of aromatic amines is 3. The monoisotopic (exact) mass is 263 g/mol. The molecule has 0 spiro atoms. The third-order valence-corrected chi connectivity index (χ3v) is 3.21. The quantitative estimate of drug-likeness (QED) is 0.571. The molecule has 0 fully saturated rings. The molecule has 0 aliphatic heterocycles. The largest absolute Gasteiger partial charge is 0.493 e. The minimum Gasteiger partial charge on any atom is -0.493 e. The van der Waals surface area contributed by atoms with Crippen LogP contribution in [0.1, 0.15) is 11.3 Å². The summed E-state index contributed by atoms with van der Waals surface area (Å²) in [5.41, 5.74) is 1.85. The first kappa shape index (κ1) is 11.0. The average molecular weight is 264 g/mol. The highest BCUT2D eigenvalue weighted by atomic mass is 35.5. The molecule has 18 heavy (non-hydrogen) atoms. The van der Waals surface area contributed by atoms with Crippen LogP contribution >= 0.6 is 11.6 Å². The van der Waals surface area contributed by atoms with E-state index in [1.807, 2.05) is 18.3 Å². The maximum absolute atomic E-state index is 11.1. The molecule has 3 rings (SSSR count). The van der Waals surface area contributed by atoms with Crippen molar-refractivity contribution in [2.24, 2.45) is 0 Å². The van der Waals surface area contributed by atoms with Crippen molar-refractivity contribution in [2.45, 2.75) is 6.42 Å². The van der Waals surface area contributed by atoms with Gasteiger partial charge in [0.15, 0.2) is 0 Å². The second-order valence-corrected chi connectivity index (χ2v) is 4.47. The van der Waals surface area contributed by atoms with E-state index >= 15 is 0 Å². The number of benzene rings is 1. The number of hydrogen-bond donors (Lipinski definition) is 4. The molecule has 2 aromatic heterocycles. The predicted octanol–water partition coefficient (Wildman–Crippen LogP) is 2.13. The minimum atomic E-state index is -0.416. The molecule has 0 saturated carbocycles. The maximum Gasteiger partial charge on any atom is 0.325 e. The summed E-state index contributed by atoms with van der Waals surface area (Å²) in [7, 11) is 0. The summed E-state index contributed by atoms with van der Waals surface area (Å²) in [6, 6.07) is 5.61. The van der Waals surface area contributed by atoms with E-state index in [2.05, 4.69) is 15.0 Å². The molecule has 0 radical (unpaired) electrons. The van der Waals surface area contributed by atoms with Gasteiger partial charge in [-0.05, 0) is 11.6 Å². The van der Waals surface area contributed by atoms with Crippen LogP contribution in [-0.4, -0.2) is 20.1 Å². The second kappa shape index (κ2) is 3.96. The lowest BCUT2D eigenvalue weighted by Gasteiger charge is -1.98. The lowest BCUT2D eigenvalue weighted by Crippen LogP contribution is -2.01. The van der Waals surface area contributed by atoms with Gasteiger partial charge in [0, 0.05) is 18.0 Å². The summed E-state index contributed by atoms with van der Waals surface area (Å²) in [5, 5.41) is 11.2. The summed E-state index contributed by atoms with van der Waals surface area (Å²) < 4.78 is 0. The van der Waals surface area contributed by atoms with Crippen molar-refractivity contribution < 1.29 is 5.11 Å². The van der Waals surface area contributed by atoms with Gasteiger partial charge in [0.05, 0.1) is 16.2 Å². The highest BCUT2D eigenvalue weighted by molar-refractivity contribution is 6.35. The number of fused-ring (bicyclic) bond motifs is 1. The topological polar surface area (TPSA) is 84.7 Å². The van der Waals surface area contributed by atoms with Gasteiger partial charge < -0.3 is 15.1 Å². The van der Waals surface area contributed by atoms with Crippen LogP contribution in [0.2, 0.25) is 5.02 Å². The molecule has 0 saturated heterocycles. The molecule has 0 unspecified atom stereocenters. The first-order valence-electron chi connectivity index (χ1n) is 5.40. The van der Waals surface area contributed by atoms with E-state index in [0.29, 0.717) is 17.1 Å².